The van der Waals surface area contributed by atoms with Crippen molar-refractivity contribution >= 4 is 17.5 Å². The Hall–Kier alpha value is -2.02. The van der Waals surface area contributed by atoms with Gasteiger partial charge in [-0.15, -0.1) is 0 Å². The van der Waals surface area contributed by atoms with E-state index in [2.05, 4.69) is 10.6 Å². The van der Waals surface area contributed by atoms with Crippen LogP contribution in [0.2, 0.25) is 0 Å². The van der Waals surface area contributed by atoms with E-state index >= 15 is 0 Å². The molecular formula is C15H17F2N3O2. The van der Waals surface area contributed by atoms with Crippen LogP contribution in [0.25, 0.3) is 0 Å². The number of hydrogen-bond donors (Lipinski definition) is 2. The Morgan fingerprint density at radius 3 is 2.68 bits per heavy atom. The van der Waals surface area contributed by atoms with Gasteiger partial charge in [-0.05, 0) is 18.6 Å². The number of halogens is 2. The van der Waals surface area contributed by atoms with Gasteiger partial charge in [0.25, 0.3) is 5.92 Å². The molecule has 2 aliphatic rings. The zero-order chi connectivity index (χ0) is 15.7. The second kappa shape index (κ2) is 5.64. The van der Waals surface area contributed by atoms with Crippen molar-refractivity contribution in [2.75, 3.05) is 18.0 Å². The van der Waals surface area contributed by atoms with Crippen molar-refractivity contribution in [3.63, 3.8) is 0 Å². The molecule has 0 radical (unpaired) electrons. The Morgan fingerprint density at radius 1 is 1.32 bits per heavy atom. The minimum Gasteiger partial charge on any atom is -0.343 e. The van der Waals surface area contributed by atoms with Crippen LogP contribution < -0.4 is 15.5 Å². The average molecular weight is 309 g/mol. The van der Waals surface area contributed by atoms with Crippen molar-refractivity contribution in [3.05, 3.63) is 30.3 Å². The number of rotatable bonds is 3. The van der Waals surface area contributed by atoms with Gasteiger partial charge in [0.05, 0.1) is 12.6 Å². The zero-order valence-corrected chi connectivity index (χ0v) is 11.9. The third-order valence-electron chi connectivity index (χ3n) is 4.02. The molecule has 118 valence electrons. The smallest absolute Gasteiger partial charge is 0.262 e. The van der Waals surface area contributed by atoms with E-state index in [1.807, 2.05) is 30.3 Å². The van der Waals surface area contributed by atoms with Gasteiger partial charge in [0, 0.05) is 18.7 Å². The first-order valence-electron chi connectivity index (χ1n) is 7.24. The summed E-state index contributed by atoms with van der Waals surface area (Å²) < 4.78 is 26.2. The van der Waals surface area contributed by atoms with Crippen molar-refractivity contribution in [1.82, 2.24) is 10.6 Å². The molecular weight excluding hydrogens is 292 g/mol. The number of amides is 2. The lowest BCUT2D eigenvalue weighted by Crippen LogP contribution is -2.48. The molecule has 2 fully saturated rings. The summed E-state index contributed by atoms with van der Waals surface area (Å²) >= 11 is 0. The van der Waals surface area contributed by atoms with Crippen LogP contribution in [0, 0.1) is 0 Å². The molecule has 2 saturated heterocycles. The molecule has 1 aromatic rings. The Kier molecular flexibility index (Phi) is 3.82. The van der Waals surface area contributed by atoms with Crippen LogP contribution in [-0.2, 0) is 9.59 Å². The maximum absolute atomic E-state index is 13.1. The molecule has 2 atom stereocenters. The molecule has 0 aromatic heterocycles. The lowest BCUT2D eigenvalue weighted by molar-refractivity contribution is -0.127. The fourth-order valence-electron chi connectivity index (χ4n) is 2.85. The van der Waals surface area contributed by atoms with E-state index in [1.165, 1.54) is 0 Å². The molecule has 0 saturated carbocycles. The fraction of sp³-hybridized carbons (Fsp3) is 0.467. The van der Waals surface area contributed by atoms with E-state index < -0.39 is 36.9 Å². The maximum atomic E-state index is 13.1. The summed E-state index contributed by atoms with van der Waals surface area (Å²) in [5.74, 6) is -3.60. The van der Waals surface area contributed by atoms with Gasteiger partial charge < -0.3 is 10.2 Å². The summed E-state index contributed by atoms with van der Waals surface area (Å²) in [5, 5.41) is 5.07. The summed E-state index contributed by atoms with van der Waals surface area (Å²) in [6.07, 6.45) is -0.0509. The summed E-state index contributed by atoms with van der Waals surface area (Å²) in [6.45, 7) is 0.00187. The van der Waals surface area contributed by atoms with E-state index in [0.717, 1.165) is 5.69 Å². The van der Waals surface area contributed by atoms with Crippen LogP contribution in [0.4, 0.5) is 14.5 Å². The molecule has 2 amide bonds. The molecule has 2 N–H and O–H groups in total. The summed E-state index contributed by atoms with van der Waals surface area (Å²) in [4.78, 5) is 25.9. The van der Waals surface area contributed by atoms with Crippen LogP contribution in [0.5, 0.6) is 0 Å². The van der Waals surface area contributed by atoms with Crippen molar-refractivity contribution in [3.8, 4) is 0 Å². The Bertz CT molecular complexity index is 579. The van der Waals surface area contributed by atoms with Crippen molar-refractivity contribution in [2.24, 2.45) is 0 Å². The summed E-state index contributed by atoms with van der Waals surface area (Å²) in [5.41, 5.74) is 0.773. The highest BCUT2D eigenvalue weighted by Gasteiger charge is 2.43. The lowest BCUT2D eigenvalue weighted by atomic mass is 10.1. The molecule has 2 heterocycles. The Balaban J connectivity index is 1.60. The van der Waals surface area contributed by atoms with Gasteiger partial charge in [-0.2, -0.15) is 0 Å². The fourth-order valence-corrected chi connectivity index (χ4v) is 2.85. The van der Waals surface area contributed by atoms with Crippen LogP contribution in [0.1, 0.15) is 12.8 Å². The van der Waals surface area contributed by atoms with Gasteiger partial charge in [0.1, 0.15) is 6.04 Å². The average Bonchev–Trinajstić information content (AvgIpc) is 3.03. The van der Waals surface area contributed by atoms with Gasteiger partial charge in [0.15, 0.2) is 0 Å². The summed E-state index contributed by atoms with van der Waals surface area (Å²) in [6, 6.07) is 7.58. The first-order valence-corrected chi connectivity index (χ1v) is 7.24. The number of alkyl halides is 2. The highest BCUT2D eigenvalue weighted by Crippen LogP contribution is 2.26. The molecule has 2 aliphatic heterocycles. The molecule has 0 aliphatic carbocycles. The van der Waals surface area contributed by atoms with Crippen LogP contribution in [-0.4, -0.2) is 42.9 Å². The third kappa shape index (κ3) is 2.94. The van der Waals surface area contributed by atoms with Crippen LogP contribution >= 0.6 is 0 Å². The number of carbonyl (C=O) groups excluding carboxylic acids is 2. The first kappa shape index (κ1) is 14.9. The van der Waals surface area contributed by atoms with E-state index in [1.54, 1.807) is 4.90 Å². The number of carbonyl (C=O) groups is 2. The molecule has 22 heavy (non-hydrogen) atoms. The van der Waals surface area contributed by atoms with Gasteiger partial charge in [0.2, 0.25) is 11.8 Å². The SMILES string of the molecule is O=C(NC1CCN(c2ccccc2)C1=O)C1CC(F)(F)CN1. The number of nitrogens with one attached hydrogen (secondary N) is 2. The highest BCUT2D eigenvalue weighted by atomic mass is 19.3. The first-order chi connectivity index (χ1) is 10.5. The predicted molar refractivity (Wildman–Crippen MR) is 76.7 cm³/mol. The quantitative estimate of drug-likeness (QED) is 0.872. The normalized spacial score (nSPS) is 27.2. The van der Waals surface area contributed by atoms with E-state index in [-0.39, 0.29) is 5.91 Å². The topological polar surface area (TPSA) is 61.4 Å². The van der Waals surface area contributed by atoms with E-state index in [9.17, 15) is 18.4 Å². The standard InChI is InChI=1S/C15H17F2N3O2/c16-15(17)8-12(18-9-15)13(21)19-11-6-7-20(14(11)22)10-4-2-1-3-5-10/h1-5,11-12,18H,6-9H2,(H,19,21). The largest absolute Gasteiger partial charge is 0.343 e. The number of nitrogens with zero attached hydrogens (tertiary/aromatic N) is 1. The lowest BCUT2D eigenvalue weighted by Gasteiger charge is -2.18. The third-order valence-corrected chi connectivity index (χ3v) is 4.02. The molecule has 2 unspecified atom stereocenters. The number of para-hydroxylation sites is 1. The van der Waals surface area contributed by atoms with Crippen molar-refractivity contribution in [2.45, 2.75) is 30.8 Å². The summed E-state index contributed by atoms with van der Waals surface area (Å²) in [7, 11) is 0. The van der Waals surface area contributed by atoms with Crippen molar-refractivity contribution in [1.29, 1.82) is 0 Å². The molecule has 7 heteroatoms. The second-order valence-corrected chi connectivity index (χ2v) is 5.67. The molecule has 1 aromatic carbocycles. The minimum atomic E-state index is -2.86. The monoisotopic (exact) mass is 309 g/mol. The zero-order valence-electron chi connectivity index (χ0n) is 11.9. The highest BCUT2D eigenvalue weighted by molar-refractivity contribution is 6.01. The van der Waals surface area contributed by atoms with Crippen LogP contribution in [0.3, 0.4) is 0 Å². The van der Waals surface area contributed by atoms with Gasteiger partial charge >= 0.3 is 0 Å². The van der Waals surface area contributed by atoms with Gasteiger partial charge in [-0.25, -0.2) is 8.78 Å². The maximum Gasteiger partial charge on any atom is 0.262 e. The van der Waals surface area contributed by atoms with Crippen LogP contribution in [0.15, 0.2) is 30.3 Å². The Labute approximate surface area is 126 Å². The van der Waals surface area contributed by atoms with Crippen molar-refractivity contribution < 1.29 is 18.4 Å². The molecule has 0 spiro atoms. The minimum absolute atomic E-state index is 0.204. The number of hydrogen-bond acceptors (Lipinski definition) is 3. The molecule has 3 rings (SSSR count). The molecule has 0 bridgehead atoms. The van der Waals surface area contributed by atoms with Gasteiger partial charge in [-0.1, -0.05) is 18.2 Å². The Morgan fingerprint density at radius 2 is 2.05 bits per heavy atom. The van der Waals surface area contributed by atoms with Gasteiger partial charge in [-0.3, -0.25) is 14.9 Å². The van der Waals surface area contributed by atoms with E-state index in [4.69, 9.17) is 0 Å². The molecule has 5 nitrogen and oxygen atoms in total. The second-order valence-electron chi connectivity index (χ2n) is 5.67. The number of anilines is 1. The predicted octanol–water partition coefficient (Wildman–Crippen LogP) is 0.905. The number of benzene rings is 1. The van der Waals surface area contributed by atoms with E-state index in [0.29, 0.717) is 13.0 Å².